The highest BCUT2D eigenvalue weighted by molar-refractivity contribution is 5.66. The van der Waals surface area contributed by atoms with E-state index in [4.69, 9.17) is 39.9 Å². The van der Waals surface area contributed by atoms with Crippen molar-refractivity contribution in [3.8, 4) is 0 Å². The van der Waals surface area contributed by atoms with Crippen LogP contribution in [0.15, 0.2) is 0 Å². The van der Waals surface area contributed by atoms with Gasteiger partial charge in [0.2, 0.25) is 0 Å². The molecule has 10 heteroatoms. The lowest BCUT2D eigenvalue weighted by Crippen LogP contribution is -2.56. The summed E-state index contributed by atoms with van der Waals surface area (Å²) in [4.78, 5) is 22.2. The van der Waals surface area contributed by atoms with Crippen molar-refractivity contribution in [2.24, 2.45) is 11.5 Å². The summed E-state index contributed by atoms with van der Waals surface area (Å²) < 4.78 is 32.1. The fraction of sp³-hybridized carbons (Fsp3) is 0.875. The maximum Gasteiger partial charge on any atom is 0.302 e. The SMILES string of the molecule is CC(=O)OCC1CC(OC(C)=O)C(N)C(OCCOCCOCCN)O1. The van der Waals surface area contributed by atoms with E-state index < -0.39 is 36.5 Å². The quantitative estimate of drug-likeness (QED) is 0.318. The van der Waals surface area contributed by atoms with E-state index in [-0.39, 0.29) is 13.2 Å². The molecule has 0 saturated carbocycles. The minimum absolute atomic E-state index is 0.0364. The monoisotopic (exact) mass is 378 g/mol. The minimum Gasteiger partial charge on any atom is -0.463 e. The minimum atomic E-state index is -0.800. The third-order valence-electron chi connectivity index (χ3n) is 3.50. The van der Waals surface area contributed by atoms with Crippen LogP contribution in [0.25, 0.3) is 0 Å². The molecule has 0 aromatic carbocycles. The molecule has 0 bridgehead atoms. The summed E-state index contributed by atoms with van der Waals surface area (Å²) in [5, 5.41) is 0. The molecule has 0 radical (unpaired) electrons. The summed E-state index contributed by atoms with van der Waals surface area (Å²) in [6, 6.07) is -0.652. The summed E-state index contributed by atoms with van der Waals surface area (Å²) in [5.41, 5.74) is 11.4. The van der Waals surface area contributed by atoms with Gasteiger partial charge in [-0.15, -0.1) is 0 Å². The fourth-order valence-electron chi connectivity index (χ4n) is 2.36. The van der Waals surface area contributed by atoms with Crippen molar-refractivity contribution >= 4 is 11.9 Å². The highest BCUT2D eigenvalue weighted by Crippen LogP contribution is 2.23. The Bertz CT molecular complexity index is 423. The van der Waals surface area contributed by atoms with E-state index in [1.165, 1.54) is 13.8 Å². The van der Waals surface area contributed by atoms with Crippen molar-refractivity contribution in [1.82, 2.24) is 0 Å². The molecule has 0 aromatic rings. The smallest absolute Gasteiger partial charge is 0.302 e. The second kappa shape index (κ2) is 13.0. The molecule has 0 aromatic heterocycles. The van der Waals surface area contributed by atoms with Gasteiger partial charge >= 0.3 is 11.9 Å². The first-order chi connectivity index (χ1) is 12.4. The largest absolute Gasteiger partial charge is 0.463 e. The lowest BCUT2D eigenvalue weighted by molar-refractivity contribution is -0.240. The topological polar surface area (TPSA) is 142 Å². The third kappa shape index (κ3) is 9.41. The first-order valence-electron chi connectivity index (χ1n) is 8.62. The van der Waals surface area contributed by atoms with Crippen LogP contribution in [-0.2, 0) is 38.0 Å². The van der Waals surface area contributed by atoms with Gasteiger partial charge in [-0.3, -0.25) is 9.59 Å². The normalized spacial score (nSPS) is 25.7. The highest BCUT2D eigenvalue weighted by atomic mass is 16.7. The number of carbonyl (C=O) groups excluding carboxylic acids is 2. The summed E-state index contributed by atoms with van der Waals surface area (Å²) in [6.45, 7) is 5.05. The van der Waals surface area contributed by atoms with E-state index >= 15 is 0 Å². The van der Waals surface area contributed by atoms with Crippen LogP contribution in [-0.4, -0.2) is 82.7 Å². The predicted molar refractivity (Wildman–Crippen MR) is 90.1 cm³/mol. The molecular weight excluding hydrogens is 348 g/mol. The van der Waals surface area contributed by atoms with Crippen LogP contribution >= 0.6 is 0 Å². The Morgan fingerprint density at radius 2 is 1.69 bits per heavy atom. The third-order valence-corrected chi connectivity index (χ3v) is 3.50. The Labute approximate surface area is 153 Å². The Morgan fingerprint density at radius 1 is 1.04 bits per heavy atom. The van der Waals surface area contributed by atoms with Crippen molar-refractivity contribution in [1.29, 1.82) is 0 Å². The van der Waals surface area contributed by atoms with Gasteiger partial charge < -0.3 is 39.9 Å². The molecule has 1 fully saturated rings. The Balaban J connectivity index is 2.39. The lowest BCUT2D eigenvalue weighted by Gasteiger charge is -2.38. The second-order valence-electron chi connectivity index (χ2n) is 5.77. The molecule has 26 heavy (non-hydrogen) atoms. The molecule has 4 N–H and O–H groups in total. The molecule has 0 spiro atoms. The average molecular weight is 378 g/mol. The van der Waals surface area contributed by atoms with Crippen molar-refractivity contribution in [2.75, 3.05) is 46.2 Å². The average Bonchev–Trinajstić information content (AvgIpc) is 2.58. The molecule has 4 atom stereocenters. The van der Waals surface area contributed by atoms with Crippen molar-refractivity contribution in [3.05, 3.63) is 0 Å². The molecule has 0 amide bonds. The Morgan fingerprint density at radius 3 is 2.31 bits per heavy atom. The molecule has 152 valence electrons. The van der Waals surface area contributed by atoms with Crippen LogP contribution in [0.1, 0.15) is 20.3 Å². The van der Waals surface area contributed by atoms with Crippen LogP contribution in [0.5, 0.6) is 0 Å². The standard InChI is InChI=1S/C16H30N2O8/c1-11(19)24-10-13-9-14(25-12(2)20)15(18)16(26-13)23-8-7-22-6-5-21-4-3-17/h13-16H,3-10,17-18H2,1-2H3. The van der Waals surface area contributed by atoms with Gasteiger partial charge in [-0.05, 0) is 0 Å². The van der Waals surface area contributed by atoms with Crippen LogP contribution in [0.4, 0.5) is 0 Å². The maximum atomic E-state index is 11.3. The summed E-state index contributed by atoms with van der Waals surface area (Å²) in [5.74, 6) is -0.867. The summed E-state index contributed by atoms with van der Waals surface area (Å²) in [6.07, 6.45) is -1.54. The van der Waals surface area contributed by atoms with Crippen molar-refractivity contribution < 1.29 is 38.0 Å². The number of ether oxygens (including phenoxy) is 6. The summed E-state index contributed by atoms with van der Waals surface area (Å²) in [7, 11) is 0. The number of nitrogens with two attached hydrogens (primary N) is 2. The van der Waals surface area contributed by atoms with Gasteiger partial charge in [-0.1, -0.05) is 0 Å². The molecule has 1 heterocycles. The van der Waals surface area contributed by atoms with Gasteiger partial charge in [0, 0.05) is 26.8 Å². The Kier molecular flexibility index (Phi) is 11.3. The predicted octanol–water partition coefficient (Wildman–Crippen LogP) is -1.07. The van der Waals surface area contributed by atoms with E-state index in [1.807, 2.05) is 0 Å². The van der Waals surface area contributed by atoms with Gasteiger partial charge in [-0.25, -0.2) is 0 Å². The number of rotatable bonds is 12. The molecule has 0 aliphatic carbocycles. The number of hydrogen-bond acceptors (Lipinski definition) is 10. The fourth-order valence-corrected chi connectivity index (χ4v) is 2.36. The molecule has 1 aliphatic rings. The Hall–Kier alpha value is -1.30. The molecule has 1 aliphatic heterocycles. The maximum absolute atomic E-state index is 11.3. The van der Waals surface area contributed by atoms with Crippen molar-refractivity contribution in [2.45, 2.75) is 44.8 Å². The van der Waals surface area contributed by atoms with E-state index in [1.54, 1.807) is 0 Å². The lowest BCUT2D eigenvalue weighted by atomic mass is 10.0. The first kappa shape index (κ1) is 22.7. The molecule has 10 nitrogen and oxygen atoms in total. The first-order valence-corrected chi connectivity index (χ1v) is 8.62. The number of esters is 2. The zero-order chi connectivity index (χ0) is 19.4. The zero-order valence-corrected chi connectivity index (χ0v) is 15.4. The van der Waals surface area contributed by atoms with Crippen LogP contribution in [0, 0.1) is 0 Å². The summed E-state index contributed by atoms with van der Waals surface area (Å²) >= 11 is 0. The van der Waals surface area contributed by atoms with Crippen LogP contribution in [0.2, 0.25) is 0 Å². The van der Waals surface area contributed by atoms with Gasteiger partial charge in [0.05, 0.1) is 45.2 Å². The second-order valence-corrected chi connectivity index (χ2v) is 5.77. The van der Waals surface area contributed by atoms with Gasteiger partial charge in [-0.2, -0.15) is 0 Å². The molecule has 4 unspecified atom stereocenters. The van der Waals surface area contributed by atoms with E-state index in [2.05, 4.69) is 0 Å². The molecule has 1 rings (SSSR count). The van der Waals surface area contributed by atoms with Gasteiger partial charge in [0.1, 0.15) is 12.7 Å². The number of hydrogen-bond donors (Lipinski definition) is 2. The number of carbonyl (C=O) groups is 2. The van der Waals surface area contributed by atoms with E-state index in [9.17, 15) is 9.59 Å². The molecular formula is C16H30N2O8. The van der Waals surface area contributed by atoms with Crippen LogP contribution < -0.4 is 11.5 Å². The van der Waals surface area contributed by atoms with Gasteiger partial charge in [0.25, 0.3) is 0 Å². The molecule has 1 saturated heterocycles. The van der Waals surface area contributed by atoms with Gasteiger partial charge in [0.15, 0.2) is 6.29 Å². The van der Waals surface area contributed by atoms with E-state index in [0.29, 0.717) is 39.4 Å². The zero-order valence-electron chi connectivity index (χ0n) is 15.4. The van der Waals surface area contributed by atoms with E-state index in [0.717, 1.165) is 0 Å². The van der Waals surface area contributed by atoms with Crippen molar-refractivity contribution in [3.63, 3.8) is 0 Å². The van der Waals surface area contributed by atoms with Crippen LogP contribution in [0.3, 0.4) is 0 Å². The highest BCUT2D eigenvalue weighted by Gasteiger charge is 2.39.